The summed E-state index contributed by atoms with van der Waals surface area (Å²) >= 11 is 0. The van der Waals surface area contributed by atoms with Crippen molar-refractivity contribution in [3.05, 3.63) is 12.2 Å². The van der Waals surface area contributed by atoms with E-state index in [2.05, 4.69) is 19.1 Å². The lowest BCUT2D eigenvalue weighted by Gasteiger charge is -2.06. The van der Waals surface area contributed by atoms with Gasteiger partial charge in [0, 0.05) is 13.0 Å². The van der Waals surface area contributed by atoms with Gasteiger partial charge in [-0.05, 0) is 44.9 Å². The van der Waals surface area contributed by atoms with Crippen LogP contribution in [0.5, 0.6) is 0 Å². The molecule has 0 aromatic rings. The lowest BCUT2D eigenvalue weighted by molar-refractivity contribution is -0.143. The summed E-state index contributed by atoms with van der Waals surface area (Å²) in [6, 6.07) is 0. The fourth-order valence-corrected chi connectivity index (χ4v) is 8.12. The van der Waals surface area contributed by atoms with Crippen molar-refractivity contribution in [1.29, 1.82) is 0 Å². The van der Waals surface area contributed by atoms with Gasteiger partial charge in [-0.25, -0.2) is 0 Å². The lowest BCUT2D eigenvalue weighted by Crippen LogP contribution is -2.05. The number of esters is 1. The number of aliphatic hydroxyl groups excluding tert-OH is 1. The number of rotatable bonds is 49. The Labute approximate surface area is 347 Å². The highest BCUT2D eigenvalue weighted by atomic mass is 16.5. The molecule has 0 aromatic carbocycles. The number of ether oxygens (including phenoxy) is 1. The molecule has 0 aliphatic heterocycles. The third kappa shape index (κ3) is 51.2. The maximum absolute atomic E-state index is 12.1. The van der Waals surface area contributed by atoms with E-state index in [0.717, 1.165) is 19.3 Å². The van der Waals surface area contributed by atoms with Gasteiger partial charge < -0.3 is 9.84 Å². The summed E-state index contributed by atoms with van der Waals surface area (Å²) in [5.74, 6) is 0.0265. The van der Waals surface area contributed by atoms with Crippen LogP contribution in [0.15, 0.2) is 12.2 Å². The first-order valence-electron chi connectivity index (χ1n) is 25.7. The lowest BCUT2D eigenvalue weighted by atomic mass is 10.0. The first-order chi connectivity index (χ1) is 27.3. The van der Waals surface area contributed by atoms with Gasteiger partial charge in [-0.15, -0.1) is 0 Å². The van der Waals surface area contributed by atoms with E-state index in [4.69, 9.17) is 9.84 Å². The predicted octanol–water partition coefficient (Wildman–Crippen LogP) is 18.0. The van der Waals surface area contributed by atoms with Gasteiger partial charge in [-0.3, -0.25) is 4.79 Å². The molecule has 0 saturated carbocycles. The van der Waals surface area contributed by atoms with E-state index < -0.39 is 0 Å². The van der Waals surface area contributed by atoms with Crippen LogP contribution in [0.4, 0.5) is 0 Å². The van der Waals surface area contributed by atoms with Crippen LogP contribution in [-0.2, 0) is 9.53 Å². The van der Waals surface area contributed by atoms with Crippen LogP contribution in [0, 0.1) is 0 Å². The summed E-state index contributed by atoms with van der Waals surface area (Å²) in [5.41, 5.74) is 0. The molecule has 0 bridgehead atoms. The minimum absolute atomic E-state index is 0.0265. The second kappa shape index (κ2) is 51.2. The quantitative estimate of drug-likeness (QED) is 0.0380. The summed E-state index contributed by atoms with van der Waals surface area (Å²) in [5, 5.41) is 8.82. The average molecular weight is 775 g/mol. The highest BCUT2D eigenvalue weighted by Crippen LogP contribution is 2.17. The molecule has 3 nitrogen and oxygen atoms in total. The number of unbranched alkanes of at least 4 members (excludes halogenated alkanes) is 42. The Balaban J connectivity index is 3.16. The summed E-state index contributed by atoms with van der Waals surface area (Å²) in [7, 11) is 0. The van der Waals surface area contributed by atoms with Crippen LogP contribution in [0.3, 0.4) is 0 Å². The van der Waals surface area contributed by atoms with E-state index in [-0.39, 0.29) is 5.97 Å². The number of carbonyl (C=O) groups excluding carboxylic acids is 1. The Hall–Kier alpha value is -0.830. The molecule has 0 atom stereocenters. The van der Waals surface area contributed by atoms with Gasteiger partial charge >= 0.3 is 5.97 Å². The molecule has 0 aliphatic carbocycles. The molecule has 55 heavy (non-hydrogen) atoms. The molecule has 3 heteroatoms. The van der Waals surface area contributed by atoms with Crippen LogP contribution in [0.1, 0.15) is 302 Å². The summed E-state index contributed by atoms with van der Waals surface area (Å²) in [4.78, 5) is 12.1. The van der Waals surface area contributed by atoms with Crippen molar-refractivity contribution in [1.82, 2.24) is 0 Å². The Bertz CT molecular complexity index is 718. The molecule has 0 spiro atoms. The normalized spacial score (nSPS) is 11.7. The Morgan fingerprint density at radius 1 is 0.345 bits per heavy atom. The molecular formula is C52H102O3. The van der Waals surface area contributed by atoms with Gasteiger partial charge in [0.05, 0.1) is 6.61 Å². The van der Waals surface area contributed by atoms with E-state index in [1.807, 2.05) is 0 Å². The van der Waals surface area contributed by atoms with Crippen molar-refractivity contribution in [2.75, 3.05) is 13.2 Å². The van der Waals surface area contributed by atoms with Crippen molar-refractivity contribution in [3.8, 4) is 0 Å². The fraction of sp³-hybridized carbons (Fsp3) is 0.942. The van der Waals surface area contributed by atoms with Crippen LogP contribution in [0.2, 0.25) is 0 Å². The van der Waals surface area contributed by atoms with Crippen molar-refractivity contribution in [2.45, 2.75) is 302 Å². The van der Waals surface area contributed by atoms with Gasteiger partial charge in [0.1, 0.15) is 0 Å². The van der Waals surface area contributed by atoms with Crippen molar-refractivity contribution < 1.29 is 14.6 Å². The Morgan fingerprint density at radius 3 is 0.909 bits per heavy atom. The zero-order chi connectivity index (χ0) is 39.6. The van der Waals surface area contributed by atoms with Gasteiger partial charge in [0.2, 0.25) is 0 Å². The van der Waals surface area contributed by atoms with Crippen LogP contribution in [0.25, 0.3) is 0 Å². The summed E-state index contributed by atoms with van der Waals surface area (Å²) in [6.07, 6.45) is 66.5. The van der Waals surface area contributed by atoms with E-state index in [1.165, 1.54) is 270 Å². The van der Waals surface area contributed by atoms with E-state index in [9.17, 15) is 4.79 Å². The number of hydrogen-bond donors (Lipinski definition) is 1. The van der Waals surface area contributed by atoms with E-state index in [1.54, 1.807) is 0 Å². The highest BCUT2D eigenvalue weighted by Gasteiger charge is 2.03. The average Bonchev–Trinajstić information content (AvgIpc) is 3.19. The summed E-state index contributed by atoms with van der Waals surface area (Å²) < 4.78 is 5.50. The second-order valence-corrected chi connectivity index (χ2v) is 17.6. The fourth-order valence-electron chi connectivity index (χ4n) is 8.12. The second-order valence-electron chi connectivity index (χ2n) is 17.6. The Kier molecular flexibility index (Phi) is 50.4. The standard InChI is InChI=1S/C52H102O3/c1-2-3-4-5-6-7-8-9-10-11-12-19-22-25-28-31-34-37-40-43-46-49-52(54)55-51-48-45-42-39-36-33-30-27-24-21-18-16-14-13-15-17-20-23-26-29-32-35-38-41-44-47-50-53/h9-10,53H,2-8,11-51H2,1H3. The number of allylic oxidation sites excluding steroid dienone is 2. The van der Waals surface area contributed by atoms with Crippen LogP contribution >= 0.6 is 0 Å². The minimum Gasteiger partial charge on any atom is -0.466 e. The topological polar surface area (TPSA) is 46.5 Å². The molecule has 0 aromatic heterocycles. The van der Waals surface area contributed by atoms with Crippen molar-refractivity contribution >= 4 is 5.97 Å². The number of hydrogen-bond acceptors (Lipinski definition) is 3. The van der Waals surface area contributed by atoms with Gasteiger partial charge in [-0.1, -0.05) is 263 Å². The molecule has 1 N–H and O–H groups in total. The molecule has 0 amide bonds. The molecule has 0 rings (SSSR count). The molecular weight excluding hydrogens is 673 g/mol. The first kappa shape index (κ1) is 54.2. The van der Waals surface area contributed by atoms with Crippen molar-refractivity contribution in [3.63, 3.8) is 0 Å². The Morgan fingerprint density at radius 2 is 0.600 bits per heavy atom. The van der Waals surface area contributed by atoms with E-state index >= 15 is 0 Å². The monoisotopic (exact) mass is 775 g/mol. The maximum Gasteiger partial charge on any atom is 0.305 e. The highest BCUT2D eigenvalue weighted by molar-refractivity contribution is 5.69. The van der Waals surface area contributed by atoms with E-state index in [0.29, 0.717) is 19.6 Å². The van der Waals surface area contributed by atoms with Crippen LogP contribution < -0.4 is 0 Å². The van der Waals surface area contributed by atoms with Crippen molar-refractivity contribution in [2.24, 2.45) is 0 Å². The predicted molar refractivity (Wildman–Crippen MR) is 245 cm³/mol. The molecule has 0 aliphatic rings. The zero-order valence-electron chi connectivity index (χ0n) is 37.9. The van der Waals surface area contributed by atoms with Gasteiger partial charge in [0.15, 0.2) is 0 Å². The van der Waals surface area contributed by atoms with Gasteiger partial charge in [0.25, 0.3) is 0 Å². The molecule has 0 heterocycles. The summed E-state index contributed by atoms with van der Waals surface area (Å²) in [6.45, 7) is 3.28. The number of aliphatic hydroxyl groups is 1. The van der Waals surface area contributed by atoms with Crippen LogP contribution in [-0.4, -0.2) is 24.3 Å². The first-order valence-corrected chi connectivity index (χ1v) is 25.7. The maximum atomic E-state index is 12.1. The third-order valence-electron chi connectivity index (χ3n) is 12.0. The zero-order valence-corrected chi connectivity index (χ0v) is 37.9. The minimum atomic E-state index is 0.0265. The largest absolute Gasteiger partial charge is 0.466 e. The smallest absolute Gasteiger partial charge is 0.305 e. The third-order valence-corrected chi connectivity index (χ3v) is 12.0. The molecule has 328 valence electrons. The molecule has 0 fully saturated rings. The van der Waals surface area contributed by atoms with Gasteiger partial charge in [-0.2, -0.15) is 0 Å². The molecule has 0 radical (unpaired) electrons. The SMILES string of the molecule is CCCCCCCCC=CCCCCCCCCCCCCCC(=O)OCCCCCCCCCCCCCCCCCCCCCCCCCCCCO. The number of carbonyl (C=O) groups is 1. The molecule has 0 unspecified atom stereocenters. The molecule has 0 saturated heterocycles.